The first-order valence-electron chi connectivity index (χ1n) is 8.83. The van der Waals surface area contributed by atoms with Crippen LogP contribution in [-0.2, 0) is 17.6 Å². The largest absolute Gasteiger partial charge is 0.354 e. The van der Waals surface area contributed by atoms with E-state index in [4.69, 9.17) is 11.6 Å². The number of benzene rings is 2. The Morgan fingerprint density at radius 3 is 2.19 bits per heavy atom. The van der Waals surface area contributed by atoms with Gasteiger partial charge in [-0.2, -0.15) is 0 Å². The van der Waals surface area contributed by atoms with E-state index in [-0.39, 0.29) is 11.8 Å². The van der Waals surface area contributed by atoms with Crippen LogP contribution in [0.15, 0.2) is 48.5 Å². The Labute approximate surface area is 159 Å². The van der Waals surface area contributed by atoms with E-state index < -0.39 is 0 Å². The van der Waals surface area contributed by atoms with Gasteiger partial charge in [-0.3, -0.25) is 9.59 Å². The van der Waals surface area contributed by atoms with Crippen LogP contribution in [0.2, 0.25) is 5.02 Å². The third-order valence-corrected chi connectivity index (χ3v) is 4.21. The lowest BCUT2D eigenvalue weighted by Crippen LogP contribution is -2.35. The first-order chi connectivity index (χ1) is 12.5. The van der Waals surface area contributed by atoms with Crippen molar-refractivity contribution < 1.29 is 9.59 Å². The van der Waals surface area contributed by atoms with Gasteiger partial charge in [0, 0.05) is 13.1 Å². The molecule has 0 bridgehead atoms. The number of hydrogen-bond acceptors (Lipinski definition) is 2. The minimum atomic E-state index is -0.245. The number of amides is 2. The predicted molar refractivity (Wildman–Crippen MR) is 105 cm³/mol. The molecule has 0 aliphatic carbocycles. The van der Waals surface area contributed by atoms with Gasteiger partial charge in [0.2, 0.25) is 5.91 Å². The Bertz CT molecular complexity index is 742. The van der Waals surface area contributed by atoms with E-state index in [1.807, 2.05) is 12.1 Å². The highest BCUT2D eigenvalue weighted by Crippen LogP contribution is 2.14. The summed E-state index contributed by atoms with van der Waals surface area (Å²) in [6.07, 6.45) is 1.37. The van der Waals surface area contributed by atoms with Gasteiger partial charge in [0.05, 0.1) is 17.0 Å². The highest BCUT2D eigenvalue weighted by molar-refractivity contribution is 6.33. The van der Waals surface area contributed by atoms with Gasteiger partial charge in [0.15, 0.2) is 0 Å². The molecule has 0 saturated carbocycles. The Morgan fingerprint density at radius 2 is 1.54 bits per heavy atom. The number of hydrogen-bond donors (Lipinski definition) is 2. The number of carbonyl (C=O) groups excluding carboxylic acids is 2. The van der Waals surface area contributed by atoms with Crippen molar-refractivity contribution in [1.29, 1.82) is 0 Å². The van der Waals surface area contributed by atoms with Crippen molar-refractivity contribution in [2.24, 2.45) is 5.92 Å². The van der Waals surface area contributed by atoms with E-state index in [0.29, 0.717) is 36.0 Å². The van der Waals surface area contributed by atoms with E-state index in [9.17, 15) is 9.59 Å². The monoisotopic (exact) mass is 372 g/mol. The smallest absolute Gasteiger partial charge is 0.252 e. The van der Waals surface area contributed by atoms with Crippen LogP contribution >= 0.6 is 11.6 Å². The Balaban J connectivity index is 1.70. The highest BCUT2D eigenvalue weighted by atomic mass is 35.5. The Morgan fingerprint density at radius 1 is 0.923 bits per heavy atom. The van der Waals surface area contributed by atoms with Crippen LogP contribution in [0.3, 0.4) is 0 Å². The molecule has 2 aromatic carbocycles. The summed E-state index contributed by atoms with van der Waals surface area (Å²) in [7, 11) is 0. The van der Waals surface area contributed by atoms with Gasteiger partial charge in [0.1, 0.15) is 0 Å². The summed E-state index contributed by atoms with van der Waals surface area (Å²) in [5.41, 5.74) is 2.70. The van der Waals surface area contributed by atoms with Crippen molar-refractivity contribution in [3.8, 4) is 0 Å². The summed E-state index contributed by atoms with van der Waals surface area (Å²) < 4.78 is 0. The SMILES string of the molecule is CC(C)Cc1ccc(CC(=O)NCCNC(=O)c2ccccc2Cl)cc1. The van der Waals surface area contributed by atoms with Crippen LogP contribution in [0, 0.1) is 5.92 Å². The normalized spacial score (nSPS) is 10.6. The molecule has 2 N–H and O–H groups in total. The molecule has 2 amide bonds. The number of rotatable bonds is 8. The van der Waals surface area contributed by atoms with E-state index in [2.05, 4.69) is 36.6 Å². The maximum atomic E-state index is 12.0. The number of nitrogens with one attached hydrogen (secondary N) is 2. The summed E-state index contributed by atoms with van der Waals surface area (Å²) in [6, 6.07) is 15.0. The fourth-order valence-corrected chi connectivity index (χ4v) is 2.85. The molecule has 0 aliphatic rings. The van der Waals surface area contributed by atoms with Crippen molar-refractivity contribution in [3.63, 3.8) is 0 Å². The predicted octanol–water partition coefficient (Wildman–Crippen LogP) is 3.63. The van der Waals surface area contributed by atoms with Crippen molar-refractivity contribution in [1.82, 2.24) is 10.6 Å². The zero-order chi connectivity index (χ0) is 18.9. The first-order valence-corrected chi connectivity index (χ1v) is 9.20. The molecule has 0 saturated heterocycles. The van der Waals surface area contributed by atoms with E-state index >= 15 is 0 Å². The van der Waals surface area contributed by atoms with Gasteiger partial charge >= 0.3 is 0 Å². The molecule has 2 rings (SSSR count). The Kier molecular flexibility index (Phi) is 7.67. The molecule has 0 aromatic heterocycles. The van der Waals surface area contributed by atoms with Gasteiger partial charge in [-0.1, -0.05) is 61.8 Å². The van der Waals surface area contributed by atoms with Gasteiger partial charge in [-0.15, -0.1) is 0 Å². The molecule has 0 unspecified atom stereocenters. The lowest BCUT2D eigenvalue weighted by Gasteiger charge is -2.09. The fraction of sp³-hybridized carbons (Fsp3) is 0.333. The molecular weight excluding hydrogens is 348 g/mol. The summed E-state index contributed by atoms with van der Waals surface area (Å²) in [5.74, 6) is 0.310. The van der Waals surface area contributed by atoms with Crippen LogP contribution < -0.4 is 10.6 Å². The van der Waals surface area contributed by atoms with Crippen molar-refractivity contribution in [3.05, 3.63) is 70.2 Å². The van der Waals surface area contributed by atoms with Gasteiger partial charge in [-0.05, 0) is 35.6 Å². The van der Waals surface area contributed by atoms with Crippen molar-refractivity contribution in [2.75, 3.05) is 13.1 Å². The number of carbonyl (C=O) groups is 2. The average Bonchev–Trinajstić information content (AvgIpc) is 2.60. The molecule has 26 heavy (non-hydrogen) atoms. The molecule has 0 aliphatic heterocycles. The maximum absolute atomic E-state index is 12.0. The fourth-order valence-electron chi connectivity index (χ4n) is 2.63. The summed E-state index contributed by atoms with van der Waals surface area (Å²) in [5, 5.41) is 5.97. The lowest BCUT2D eigenvalue weighted by molar-refractivity contribution is -0.120. The minimum absolute atomic E-state index is 0.0615. The van der Waals surface area contributed by atoms with Crippen LogP contribution in [0.5, 0.6) is 0 Å². The molecule has 0 atom stereocenters. The van der Waals surface area contributed by atoms with E-state index in [1.54, 1.807) is 24.3 Å². The van der Waals surface area contributed by atoms with E-state index in [1.165, 1.54) is 5.56 Å². The lowest BCUT2D eigenvalue weighted by atomic mass is 10.0. The summed E-state index contributed by atoms with van der Waals surface area (Å²) in [4.78, 5) is 24.0. The second-order valence-corrected chi connectivity index (χ2v) is 7.08. The highest BCUT2D eigenvalue weighted by Gasteiger charge is 2.09. The van der Waals surface area contributed by atoms with Gasteiger partial charge < -0.3 is 10.6 Å². The van der Waals surface area contributed by atoms with Gasteiger partial charge in [-0.25, -0.2) is 0 Å². The third kappa shape index (κ3) is 6.52. The zero-order valence-electron chi connectivity index (χ0n) is 15.2. The molecule has 0 heterocycles. The second kappa shape index (κ2) is 9.97. The Hall–Kier alpha value is -2.33. The molecule has 4 nitrogen and oxygen atoms in total. The summed E-state index contributed by atoms with van der Waals surface area (Å²) >= 11 is 5.98. The molecule has 0 spiro atoms. The summed E-state index contributed by atoms with van der Waals surface area (Å²) in [6.45, 7) is 5.10. The molecule has 2 aromatic rings. The van der Waals surface area contributed by atoms with Crippen LogP contribution in [0.4, 0.5) is 0 Å². The quantitative estimate of drug-likeness (QED) is 0.695. The van der Waals surface area contributed by atoms with Crippen LogP contribution in [-0.4, -0.2) is 24.9 Å². The van der Waals surface area contributed by atoms with Crippen LogP contribution in [0.1, 0.15) is 35.3 Å². The molecule has 0 fully saturated rings. The minimum Gasteiger partial charge on any atom is -0.354 e. The average molecular weight is 373 g/mol. The molecule has 138 valence electrons. The molecular formula is C21H25ClN2O2. The zero-order valence-corrected chi connectivity index (χ0v) is 16.0. The van der Waals surface area contributed by atoms with Crippen LogP contribution in [0.25, 0.3) is 0 Å². The number of halogens is 1. The molecule has 5 heteroatoms. The van der Waals surface area contributed by atoms with Crippen molar-refractivity contribution >= 4 is 23.4 Å². The molecule has 0 radical (unpaired) electrons. The van der Waals surface area contributed by atoms with Crippen molar-refractivity contribution in [2.45, 2.75) is 26.7 Å². The van der Waals surface area contributed by atoms with Gasteiger partial charge in [0.25, 0.3) is 5.91 Å². The van der Waals surface area contributed by atoms with E-state index in [0.717, 1.165) is 12.0 Å². The second-order valence-electron chi connectivity index (χ2n) is 6.68. The topological polar surface area (TPSA) is 58.2 Å². The third-order valence-electron chi connectivity index (χ3n) is 3.88. The standard InChI is InChI=1S/C21H25ClN2O2/c1-15(2)13-16-7-9-17(10-8-16)14-20(25)23-11-12-24-21(26)18-5-3-4-6-19(18)22/h3-10,15H,11-14H2,1-2H3,(H,23,25)(H,24,26). The maximum Gasteiger partial charge on any atom is 0.252 e. The first kappa shape index (κ1) is 20.0.